The van der Waals surface area contributed by atoms with Gasteiger partial charge in [0.25, 0.3) is 11.8 Å². The SMILES string of the molecule is CC(C)NC(=O)c1ccc2c(c1)CCCCCC(C(C)(C)NC(=O)c1cccc3c1CCCC3)CC2. The molecule has 4 rings (SSSR count). The number of nitrogens with one attached hydrogen (secondary N) is 2. The first-order valence-electron chi connectivity index (χ1n) is 14.1. The molecule has 0 radical (unpaired) electrons. The number of aryl methyl sites for hydroxylation is 3. The Morgan fingerprint density at radius 1 is 0.806 bits per heavy atom. The number of hydrogen-bond donors (Lipinski definition) is 2. The van der Waals surface area contributed by atoms with Crippen LogP contribution in [0.15, 0.2) is 36.4 Å². The lowest BCUT2D eigenvalue weighted by Gasteiger charge is -2.37. The average molecular weight is 489 g/mol. The van der Waals surface area contributed by atoms with E-state index in [1.54, 1.807) is 0 Å². The normalized spacial score (nSPS) is 18.6. The molecule has 0 saturated heterocycles. The molecular weight excluding hydrogens is 444 g/mol. The highest BCUT2D eigenvalue weighted by molar-refractivity contribution is 5.96. The molecule has 0 heterocycles. The second-order valence-electron chi connectivity index (χ2n) is 11.8. The lowest BCUT2D eigenvalue weighted by molar-refractivity contribution is 0.0867. The van der Waals surface area contributed by atoms with Crippen LogP contribution in [0.1, 0.15) is 116 Å². The van der Waals surface area contributed by atoms with E-state index < -0.39 is 0 Å². The predicted molar refractivity (Wildman–Crippen MR) is 148 cm³/mol. The third kappa shape index (κ3) is 6.38. The fraction of sp³-hybridized carbons (Fsp3) is 0.562. The van der Waals surface area contributed by atoms with E-state index in [4.69, 9.17) is 0 Å². The van der Waals surface area contributed by atoms with Gasteiger partial charge in [0, 0.05) is 22.7 Å². The smallest absolute Gasteiger partial charge is 0.251 e. The fourth-order valence-corrected chi connectivity index (χ4v) is 6.12. The third-order valence-electron chi connectivity index (χ3n) is 8.25. The van der Waals surface area contributed by atoms with Crippen LogP contribution in [0.5, 0.6) is 0 Å². The van der Waals surface area contributed by atoms with Crippen LogP contribution < -0.4 is 10.6 Å². The zero-order valence-electron chi connectivity index (χ0n) is 22.7. The van der Waals surface area contributed by atoms with Crippen molar-refractivity contribution in [2.75, 3.05) is 0 Å². The first-order valence-corrected chi connectivity index (χ1v) is 14.1. The van der Waals surface area contributed by atoms with Crippen LogP contribution in [0.3, 0.4) is 0 Å². The van der Waals surface area contributed by atoms with E-state index in [9.17, 15) is 9.59 Å². The highest BCUT2D eigenvalue weighted by atomic mass is 16.2. The molecule has 0 bridgehead atoms. The van der Waals surface area contributed by atoms with Gasteiger partial charge in [0.2, 0.25) is 0 Å². The van der Waals surface area contributed by atoms with E-state index >= 15 is 0 Å². The molecule has 1 unspecified atom stereocenters. The summed E-state index contributed by atoms with van der Waals surface area (Å²) in [5.74, 6) is 0.489. The number of amides is 2. The lowest BCUT2D eigenvalue weighted by atomic mass is 9.78. The van der Waals surface area contributed by atoms with Crippen LogP contribution >= 0.6 is 0 Å². The molecule has 0 aromatic heterocycles. The summed E-state index contributed by atoms with van der Waals surface area (Å²) in [7, 11) is 0. The molecule has 2 aromatic rings. The number of fused-ring (bicyclic) bond motifs is 2. The van der Waals surface area contributed by atoms with Crippen molar-refractivity contribution in [1.29, 1.82) is 0 Å². The van der Waals surface area contributed by atoms with Gasteiger partial charge in [-0.05, 0) is 132 Å². The summed E-state index contributed by atoms with van der Waals surface area (Å²) < 4.78 is 0. The van der Waals surface area contributed by atoms with Crippen LogP contribution in [0.4, 0.5) is 0 Å². The summed E-state index contributed by atoms with van der Waals surface area (Å²) in [6.07, 6.45) is 12.1. The van der Waals surface area contributed by atoms with Crippen LogP contribution in [0.25, 0.3) is 0 Å². The zero-order valence-corrected chi connectivity index (χ0v) is 22.7. The molecule has 194 valence electrons. The average Bonchev–Trinajstić information content (AvgIpc) is 2.85. The molecule has 2 N–H and O–H groups in total. The largest absolute Gasteiger partial charge is 0.350 e. The van der Waals surface area contributed by atoms with Crippen molar-refractivity contribution in [2.45, 2.75) is 110 Å². The minimum atomic E-state index is -0.287. The van der Waals surface area contributed by atoms with Gasteiger partial charge in [0.15, 0.2) is 0 Å². The molecule has 1 atom stereocenters. The molecule has 4 heteroatoms. The maximum atomic E-state index is 13.5. The van der Waals surface area contributed by atoms with Gasteiger partial charge in [-0.3, -0.25) is 9.59 Å². The molecule has 2 aliphatic carbocycles. The Bertz CT molecular complexity index is 1090. The summed E-state index contributed by atoms with van der Waals surface area (Å²) in [5.41, 5.74) is 6.61. The van der Waals surface area contributed by atoms with Crippen molar-refractivity contribution in [3.05, 3.63) is 69.8 Å². The van der Waals surface area contributed by atoms with E-state index in [0.717, 1.165) is 56.1 Å². The van der Waals surface area contributed by atoms with Crippen molar-refractivity contribution in [2.24, 2.45) is 5.92 Å². The van der Waals surface area contributed by atoms with Gasteiger partial charge in [-0.25, -0.2) is 0 Å². The van der Waals surface area contributed by atoms with Crippen molar-refractivity contribution in [1.82, 2.24) is 10.6 Å². The minimum absolute atomic E-state index is 0.00900. The quantitative estimate of drug-likeness (QED) is 0.500. The zero-order chi connectivity index (χ0) is 25.7. The van der Waals surface area contributed by atoms with Gasteiger partial charge in [0.1, 0.15) is 0 Å². The fourth-order valence-electron chi connectivity index (χ4n) is 6.12. The van der Waals surface area contributed by atoms with Gasteiger partial charge in [-0.15, -0.1) is 0 Å². The Hall–Kier alpha value is -2.62. The lowest BCUT2D eigenvalue weighted by Crippen LogP contribution is -2.49. The Labute approximate surface area is 217 Å². The number of carbonyl (C=O) groups excluding carboxylic acids is 2. The van der Waals surface area contributed by atoms with E-state index in [1.165, 1.54) is 47.9 Å². The van der Waals surface area contributed by atoms with Crippen LogP contribution in [-0.2, 0) is 25.7 Å². The van der Waals surface area contributed by atoms with E-state index in [2.05, 4.69) is 42.7 Å². The Morgan fingerprint density at radius 2 is 1.56 bits per heavy atom. The van der Waals surface area contributed by atoms with E-state index in [1.807, 2.05) is 32.0 Å². The third-order valence-corrected chi connectivity index (χ3v) is 8.25. The van der Waals surface area contributed by atoms with Gasteiger partial charge >= 0.3 is 0 Å². The number of benzene rings is 2. The highest BCUT2D eigenvalue weighted by Crippen LogP contribution is 2.32. The maximum absolute atomic E-state index is 13.5. The molecular formula is C32H44N2O2. The monoisotopic (exact) mass is 488 g/mol. The van der Waals surface area contributed by atoms with Gasteiger partial charge in [0.05, 0.1) is 0 Å². The topological polar surface area (TPSA) is 58.2 Å². The van der Waals surface area contributed by atoms with Crippen LogP contribution in [-0.4, -0.2) is 23.4 Å². The van der Waals surface area contributed by atoms with Gasteiger partial charge < -0.3 is 10.6 Å². The number of hydrogen-bond acceptors (Lipinski definition) is 2. The standard InChI is InChI=1S/C32H44N2O2/c1-22(2)33-30(35)26-18-17-23-19-20-27(14-7-5-6-12-25(23)21-26)32(3,4)34-31(36)29-16-10-13-24-11-8-9-15-28(24)29/h10,13,16-18,21-22,27H,5-9,11-12,14-15,19-20H2,1-4H3,(H,33,35)(H,34,36). The van der Waals surface area contributed by atoms with Crippen molar-refractivity contribution in [3.63, 3.8) is 0 Å². The van der Waals surface area contributed by atoms with E-state index in [0.29, 0.717) is 5.92 Å². The molecule has 0 fully saturated rings. The molecule has 0 spiro atoms. The molecule has 0 saturated carbocycles. The van der Waals surface area contributed by atoms with Crippen molar-refractivity contribution < 1.29 is 9.59 Å². The summed E-state index contributed by atoms with van der Waals surface area (Å²) in [5, 5.41) is 6.47. The maximum Gasteiger partial charge on any atom is 0.251 e. The Balaban J connectivity index is 1.49. The Morgan fingerprint density at radius 3 is 2.36 bits per heavy atom. The number of rotatable bonds is 5. The first-order chi connectivity index (χ1) is 17.2. The first kappa shape index (κ1) is 26.4. The number of carbonyl (C=O) groups is 2. The summed E-state index contributed by atoms with van der Waals surface area (Å²) >= 11 is 0. The highest BCUT2D eigenvalue weighted by Gasteiger charge is 2.32. The second kappa shape index (κ2) is 11.6. The molecule has 2 aliphatic rings. The van der Waals surface area contributed by atoms with Gasteiger partial charge in [-0.1, -0.05) is 31.0 Å². The van der Waals surface area contributed by atoms with Crippen molar-refractivity contribution in [3.8, 4) is 0 Å². The molecule has 36 heavy (non-hydrogen) atoms. The second-order valence-corrected chi connectivity index (χ2v) is 11.8. The molecule has 2 amide bonds. The molecule has 0 aliphatic heterocycles. The van der Waals surface area contributed by atoms with Crippen molar-refractivity contribution >= 4 is 11.8 Å². The molecule has 4 nitrogen and oxygen atoms in total. The van der Waals surface area contributed by atoms with Gasteiger partial charge in [-0.2, -0.15) is 0 Å². The summed E-state index contributed by atoms with van der Waals surface area (Å²) in [4.78, 5) is 26.0. The summed E-state index contributed by atoms with van der Waals surface area (Å²) in [6, 6.07) is 12.6. The summed E-state index contributed by atoms with van der Waals surface area (Å²) in [6.45, 7) is 8.40. The van der Waals surface area contributed by atoms with Crippen LogP contribution in [0, 0.1) is 5.92 Å². The predicted octanol–water partition coefficient (Wildman–Crippen LogP) is 6.58. The Kier molecular flexibility index (Phi) is 8.54. The molecule has 2 aromatic carbocycles. The minimum Gasteiger partial charge on any atom is -0.350 e. The van der Waals surface area contributed by atoms with Crippen LogP contribution in [0.2, 0.25) is 0 Å². The van der Waals surface area contributed by atoms with E-state index in [-0.39, 0.29) is 23.4 Å².